The van der Waals surface area contributed by atoms with Crippen LogP contribution in [0.3, 0.4) is 0 Å². The van der Waals surface area contributed by atoms with Crippen LogP contribution in [0, 0.1) is 17.6 Å². The summed E-state index contributed by atoms with van der Waals surface area (Å²) in [7, 11) is 0. The lowest BCUT2D eigenvalue weighted by Crippen LogP contribution is -2.06. The highest BCUT2D eigenvalue weighted by Crippen LogP contribution is 2.14. The molecule has 1 unspecified atom stereocenters. The van der Waals surface area contributed by atoms with Crippen LogP contribution in [0.5, 0.6) is 0 Å². The van der Waals surface area contributed by atoms with Gasteiger partial charge in [0.1, 0.15) is 11.6 Å². The maximum atomic E-state index is 13.0. The lowest BCUT2D eigenvalue weighted by atomic mass is 10.0. The van der Waals surface area contributed by atoms with Crippen molar-refractivity contribution < 1.29 is 13.9 Å². The van der Waals surface area contributed by atoms with Gasteiger partial charge in [-0.3, -0.25) is 0 Å². The molecule has 0 aromatic heterocycles. The second-order valence-corrected chi connectivity index (χ2v) is 3.23. The van der Waals surface area contributed by atoms with Crippen LogP contribution in [0.1, 0.15) is 12.5 Å². The van der Waals surface area contributed by atoms with Gasteiger partial charge in [-0.2, -0.15) is 0 Å². The molecule has 0 amide bonds. The molecule has 1 nitrogen and oxygen atoms in total. The monoisotopic (exact) mass is 186 g/mol. The van der Waals surface area contributed by atoms with Gasteiger partial charge >= 0.3 is 0 Å². The van der Waals surface area contributed by atoms with Crippen molar-refractivity contribution >= 4 is 0 Å². The summed E-state index contributed by atoms with van der Waals surface area (Å²) >= 11 is 0. The Morgan fingerprint density at radius 1 is 1.38 bits per heavy atom. The lowest BCUT2D eigenvalue weighted by molar-refractivity contribution is 0.236. The van der Waals surface area contributed by atoms with Gasteiger partial charge in [0, 0.05) is 6.61 Å². The second kappa shape index (κ2) is 4.33. The van der Waals surface area contributed by atoms with Crippen molar-refractivity contribution in [3.05, 3.63) is 35.4 Å². The highest BCUT2D eigenvalue weighted by atomic mass is 19.1. The summed E-state index contributed by atoms with van der Waals surface area (Å²) in [5.41, 5.74) is 0.321. The van der Waals surface area contributed by atoms with Crippen LogP contribution < -0.4 is 0 Å². The summed E-state index contributed by atoms with van der Waals surface area (Å²) in [6.07, 6.45) is 0.361. The number of halogens is 2. The minimum atomic E-state index is -0.443. The Labute approximate surface area is 76.0 Å². The Hall–Kier alpha value is -0.960. The van der Waals surface area contributed by atoms with E-state index in [9.17, 15) is 8.78 Å². The van der Waals surface area contributed by atoms with E-state index in [0.717, 1.165) is 12.1 Å². The van der Waals surface area contributed by atoms with E-state index in [1.165, 1.54) is 6.07 Å². The molecule has 1 aromatic carbocycles. The van der Waals surface area contributed by atoms with E-state index in [1.807, 2.05) is 0 Å². The molecular weight excluding hydrogens is 174 g/mol. The van der Waals surface area contributed by atoms with E-state index >= 15 is 0 Å². The van der Waals surface area contributed by atoms with Crippen LogP contribution in [-0.2, 0) is 6.42 Å². The third-order valence-electron chi connectivity index (χ3n) is 1.89. The summed E-state index contributed by atoms with van der Waals surface area (Å²) in [5.74, 6) is -0.903. The fourth-order valence-corrected chi connectivity index (χ4v) is 1.14. The first kappa shape index (κ1) is 10.1. The molecule has 0 aliphatic carbocycles. The molecule has 0 aliphatic rings. The van der Waals surface area contributed by atoms with Gasteiger partial charge in [0.05, 0.1) is 0 Å². The maximum Gasteiger partial charge on any atom is 0.126 e. The minimum Gasteiger partial charge on any atom is -0.396 e. The number of aliphatic hydroxyl groups excluding tert-OH is 1. The van der Waals surface area contributed by atoms with Gasteiger partial charge in [0.25, 0.3) is 0 Å². The molecule has 1 atom stereocenters. The van der Waals surface area contributed by atoms with Crippen molar-refractivity contribution in [1.29, 1.82) is 0 Å². The van der Waals surface area contributed by atoms with E-state index in [2.05, 4.69) is 0 Å². The molecule has 1 aromatic rings. The van der Waals surface area contributed by atoms with Crippen molar-refractivity contribution in [3.63, 3.8) is 0 Å². The highest BCUT2D eigenvalue weighted by molar-refractivity contribution is 5.19. The van der Waals surface area contributed by atoms with Gasteiger partial charge in [-0.25, -0.2) is 8.78 Å². The molecule has 0 bridgehead atoms. The average molecular weight is 186 g/mol. The van der Waals surface area contributed by atoms with Crippen LogP contribution in [0.25, 0.3) is 0 Å². The van der Waals surface area contributed by atoms with Gasteiger partial charge < -0.3 is 5.11 Å². The van der Waals surface area contributed by atoms with E-state index in [0.29, 0.717) is 12.0 Å². The fourth-order valence-electron chi connectivity index (χ4n) is 1.14. The Morgan fingerprint density at radius 3 is 2.69 bits per heavy atom. The van der Waals surface area contributed by atoms with Gasteiger partial charge in [-0.05, 0) is 36.1 Å². The van der Waals surface area contributed by atoms with E-state index in [1.54, 1.807) is 6.92 Å². The fraction of sp³-hybridized carbons (Fsp3) is 0.400. The topological polar surface area (TPSA) is 20.2 Å². The molecule has 0 fully saturated rings. The lowest BCUT2D eigenvalue weighted by Gasteiger charge is -2.08. The normalized spacial score (nSPS) is 12.9. The molecule has 1 rings (SSSR count). The van der Waals surface area contributed by atoms with Crippen molar-refractivity contribution in [1.82, 2.24) is 0 Å². The molecule has 72 valence electrons. The summed E-state index contributed by atoms with van der Waals surface area (Å²) in [5, 5.41) is 8.74. The highest BCUT2D eigenvalue weighted by Gasteiger charge is 2.07. The number of hydrogen-bond donors (Lipinski definition) is 1. The molecule has 0 radical (unpaired) electrons. The van der Waals surface area contributed by atoms with Crippen molar-refractivity contribution in [2.24, 2.45) is 5.92 Å². The predicted octanol–water partition coefficient (Wildman–Crippen LogP) is 2.14. The minimum absolute atomic E-state index is 0.0179. The predicted molar refractivity (Wildman–Crippen MR) is 46.3 cm³/mol. The summed E-state index contributed by atoms with van der Waals surface area (Å²) in [6, 6.07) is 3.36. The van der Waals surface area contributed by atoms with E-state index in [4.69, 9.17) is 5.11 Å². The second-order valence-electron chi connectivity index (χ2n) is 3.23. The molecule has 0 spiro atoms. The Bertz CT molecular complexity index is 286. The molecule has 0 saturated carbocycles. The van der Waals surface area contributed by atoms with Gasteiger partial charge in [-0.15, -0.1) is 0 Å². The van der Waals surface area contributed by atoms with Crippen LogP contribution in [0.15, 0.2) is 18.2 Å². The van der Waals surface area contributed by atoms with Gasteiger partial charge in [0.15, 0.2) is 0 Å². The number of rotatable bonds is 3. The molecule has 0 heterocycles. The SMILES string of the molecule is CC(CO)Cc1cc(F)ccc1F. The standard InChI is InChI=1S/C10H12F2O/c1-7(6-13)4-8-5-9(11)2-3-10(8)12/h2-3,5,7,13H,4,6H2,1H3. The Balaban J connectivity index is 2.81. The zero-order valence-electron chi connectivity index (χ0n) is 7.43. The quantitative estimate of drug-likeness (QED) is 0.766. The zero-order valence-corrected chi connectivity index (χ0v) is 7.43. The van der Waals surface area contributed by atoms with Crippen molar-refractivity contribution in [2.45, 2.75) is 13.3 Å². The van der Waals surface area contributed by atoms with E-state index in [-0.39, 0.29) is 12.5 Å². The molecule has 3 heteroatoms. The van der Waals surface area contributed by atoms with Crippen LogP contribution in [0.2, 0.25) is 0 Å². The largest absolute Gasteiger partial charge is 0.396 e. The third kappa shape index (κ3) is 2.77. The number of hydrogen-bond acceptors (Lipinski definition) is 1. The molecule has 1 N–H and O–H groups in total. The smallest absolute Gasteiger partial charge is 0.126 e. The molecule has 13 heavy (non-hydrogen) atoms. The zero-order chi connectivity index (χ0) is 9.84. The van der Waals surface area contributed by atoms with Gasteiger partial charge in [0.2, 0.25) is 0 Å². The summed E-state index contributed by atoms with van der Waals surface area (Å²) < 4.78 is 25.7. The van der Waals surface area contributed by atoms with Crippen LogP contribution in [0.4, 0.5) is 8.78 Å². The average Bonchev–Trinajstić information content (AvgIpc) is 2.11. The molecule has 0 saturated heterocycles. The maximum absolute atomic E-state index is 13.0. The first-order valence-corrected chi connectivity index (χ1v) is 4.18. The number of benzene rings is 1. The summed E-state index contributed by atoms with van der Waals surface area (Å²) in [6.45, 7) is 1.76. The number of aliphatic hydroxyl groups is 1. The summed E-state index contributed by atoms with van der Waals surface area (Å²) in [4.78, 5) is 0. The first-order chi connectivity index (χ1) is 6.13. The molecule has 0 aliphatic heterocycles. The van der Waals surface area contributed by atoms with Gasteiger partial charge in [-0.1, -0.05) is 6.92 Å². The Morgan fingerprint density at radius 2 is 2.08 bits per heavy atom. The molecular formula is C10H12F2O. The van der Waals surface area contributed by atoms with Crippen LogP contribution in [-0.4, -0.2) is 11.7 Å². The third-order valence-corrected chi connectivity index (χ3v) is 1.89. The van der Waals surface area contributed by atoms with Crippen LogP contribution >= 0.6 is 0 Å². The van der Waals surface area contributed by atoms with Crippen molar-refractivity contribution in [3.8, 4) is 0 Å². The first-order valence-electron chi connectivity index (χ1n) is 4.18. The van der Waals surface area contributed by atoms with E-state index < -0.39 is 11.6 Å². The van der Waals surface area contributed by atoms with Crippen molar-refractivity contribution in [2.75, 3.05) is 6.61 Å². The Kier molecular flexibility index (Phi) is 3.37.